The third kappa shape index (κ3) is 4.57. The molecule has 1 aromatic carbocycles. The molecule has 5 heteroatoms. The largest absolute Gasteiger partial charge is 0.369 e. The van der Waals surface area contributed by atoms with Crippen LogP contribution in [0.1, 0.15) is 32.6 Å². The standard InChI is InChI=1S/C19H28N4O/c1-16-7-5-6-10-18(16)20-21-19(24)15-22-11-13-23(14-12-22)17-8-3-2-4-9-17/h2-4,8-9,16H,5-7,10-15H2,1H3,(H,21,24)/b20-18+. The summed E-state index contributed by atoms with van der Waals surface area (Å²) in [5.41, 5.74) is 5.19. The Labute approximate surface area is 144 Å². The van der Waals surface area contributed by atoms with Crippen LogP contribution in [0.3, 0.4) is 0 Å². The molecular formula is C19H28N4O. The summed E-state index contributed by atoms with van der Waals surface area (Å²) in [6, 6.07) is 10.5. The van der Waals surface area contributed by atoms with Gasteiger partial charge in [-0.2, -0.15) is 5.10 Å². The Morgan fingerprint density at radius 1 is 1.17 bits per heavy atom. The second-order valence-corrected chi connectivity index (χ2v) is 6.88. The number of hydrazone groups is 1. The molecule has 1 aliphatic carbocycles. The molecule has 2 fully saturated rings. The van der Waals surface area contributed by atoms with Crippen LogP contribution in [0.15, 0.2) is 35.4 Å². The summed E-state index contributed by atoms with van der Waals surface area (Å²) in [6.45, 7) is 6.39. The van der Waals surface area contributed by atoms with Crippen molar-refractivity contribution in [2.45, 2.75) is 32.6 Å². The lowest BCUT2D eigenvalue weighted by Crippen LogP contribution is -2.49. The highest BCUT2D eigenvalue weighted by molar-refractivity contribution is 5.88. The van der Waals surface area contributed by atoms with Crippen molar-refractivity contribution in [1.82, 2.24) is 10.3 Å². The molecule has 2 aliphatic rings. The van der Waals surface area contributed by atoms with Crippen molar-refractivity contribution < 1.29 is 4.79 Å². The molecule has 1 aliphatic heterocycles. The van der Waals surface area contributed by atoms with E-state index in [1.807, 2.05) is 6.07 Å². The third-order valence-electron chi connectivity index (χ3n) is 5.07. The summed E-state index contributed by atoms with van der Waals surface area (Å²) in [7, 11) is 0. The van der Waals surface area contributed by atoms with Crippen molar-refractivity contribution >= 4 is 17.3 Å². The van der Waals surface area contributed by atoms with E-state index in [2.05, 4.69) is 51.5 Å². The van der Waals surface area contributed by atoms with Gasteiger partial charge in [-0.05, 0) is 37.3 Å². The zero-order chi connectivity index (χ0) is 16.8. The number of nitrogens with one attached hydrogen (secondary N) is 1. The molecule has 5 nitrogen and oxygen atoms in total. The molecule has 0 aromatic heterocycles. The second kappa shape index (κ2) is 8.29. The van der Waals surface area contributed by atoms with Gasteiger partial charge in [0.05, 0.1) is 6.54 Å². The van der Waals surface area contributed by atoms with E-state index < -0.39 is 0 Å². The van der Waals surface area contributed by atoms with E-state index >= 15 is 0 Å². The highest BCUT2D eigenvalue weighted by Gasteiger charge is 2.20. The van der Waals surface area contributed by atoms with Gasteiger partial charge in [0.15, 0.2) is 0 Å². The summed E-state index contributed by atoms with van der Waals surface area (Å²) in [5.74, 6) is 0.516. The maximum atomic E-state index is 12.1. The van der Waals surface area contributed by atoms with Gasteiger partial charge in [-0.25, -0.2) is 5.43 Å². The first-order chi connectivity index (χ1) is 11.7. The quantitative estimate of drug-likeness (QED) is 0.864. The number of hydrogen-bond acceptors (Lipinski definition) is 4. The summed E-state index contributed by atoms with van der Waals surface area (Å²) in [4.78, 5) is 16.7. The average Bonchev–Trinajstić information content (AvgIpc) is 2.62. The van der Waals surface area contributed by atoms with Gasteiger partial charge in [0.2, 0.25) is 0 Å². The third-order valence-corrected chi connectivity index (χ3v) is 5.07. The van der Waals surface area contributed by atoms with E-state index in [9.17, 15) is 4.79 Å². The van der Waals surface area contributed by atoms with Gasteiger partial charge in [0.25, 0.3) is 5.91 Å². The predicted molar refractivity (Wildman–Crippen MR) is 98.3 cm³/mol. The van der Waals surface area contributed by atoms with Gasteiger partial charge in [0.1, 0.15) is 0 Å². The molecule has 1 amide bonds. The van der Waals surface area contributed by atoms with E-state index in [1.54, 1.807) is 0 Å². The number of rotatable bonds is 4. The zero-order valence-corrected chi connectivity index (χ0v) is 14.6. The van der Waals surface area contributed by atoms with Crippen LogP contribution in [0.5, 0.6) is 0 Å². The minimum absolute atomic E-state index is 0.00781. The van der Waals surface area contributed by atoms with E-state index in [0.717, 1.165) is 38.3 Å². The van der Waals surface area contributed by atoms with Gasteiger partial charge in [0, 0.05) is 37.6 Å². The van der Waals surface area contributed by atoms with Crippen LogP contribution >= 0.6 is 0 Å². The normalized spacial score (nSPS) is 24.1. The number of nitrogens with zero attached hydrogens (tertiary/aromatic N) is 3. The summed E-state index contributed by atoms with van der Waals surface area (Å²) in [6.07, 6.45) is 4.69. The van der Waals surface area contributed by atoms with Crippen molar-refractivity contribution in [2.24, 2.45) is 11.0 Å². The number of amides is 1. The highest BCUT2D eigenvalue weighted by Crippen LogP contribution is 2.20. The molecule has 1 unspecified atom stereocenters. The molecular weight excluding hydrogens is 300 g/mol. The zero-order valence-electron chi connectivity index (χ0n) is 14.6. The van der Waals surface area contributed by atoms with Gasteiger partial charge in [-0.1, -0.05) is 31.5 Å². The van der Waals surface area contributed by atoms with E-state index in [-0.39, 0.29) is 5.91 Å². The number of para-hydroxylation sites is 1. The van der Waals surface area contributed by atoms with Crippen molar-refractivity contribution in [1.29, 1.82) is 0 Å². The van der Waals surface area contributed by atoms with Gasteiger partial charge < -0.3 is 4.90 Å². The van der Waals surface area contributed by atoms with Crippen LogP contribution in [0, 0.1) is 5.92 Å². The van der Waals surface area contributed by atoms with Crippen LogP contribution in [0.2, 0.25) is 0 Å². The average molecular weight is 328 g/mol. The fourth-order valence-corrected chi connectivity index (χ4v) is 3.51. The van der Waals surface area contributed by atoms with Crippen molar-refractivity contribution in [3.05, 3.63) is 30.3 Å². The maximum absolute atomic E-state index is 12.1. The van der Waals surface area contributed by atoms with Crippen molar-refractivity contribution in [3.63, 3.8) is 0 Å². The lowest BCUT2D eigenvalue weighted by molar-refractivity contribution is -0.122. The Morgan fingerprint density at radius 2 is 1.92 bits per heavy atom. The smallest absolute Gasteiger partial charge is 0.254 e. The predicted octanol–water partition coefficient (Wildman–Crippen LogP) is 2.49. The van der Waals surface area contributed by atoms with E-state index in [4.69, 9.17) is 0 Å². The van der Waals surface area contributed by atoms with Crippen LogP contribution in [-0.2, 0) is 4.79 Å². The highest BCUT2D eigenvalue weighted by atomic mass is 16.2. The lowest BCUT2D eigenvalue weighted by atomic mass is 9.89. The molecule has 1 saturated heterocycles. The Bertz CT molecular complexity index is 564. The lowest BCUT2D eigenvalue weighted by Gasteiger charge is -2.35. The number of carbonyl (C=O) groups excluding carboxylic acids is 1. The Morgan fingerprint density at radius 3 is 2.62 bits per heavy atom. The number of carbonyl (C=O) groups is 1. The van der Waals surface area contributed by atoms with E-state index in [1.165, 1.54) is 24.9 Å². The SMILES string of the molecule is CC1CCCC/C1=N\NC(=O)CN1CCN(c2ccccc2)CC1. The number of piperazine rings is 1. The molecule has 24 heavy (non-hydrogen) atoms. The second-order valence-electron chi connectivity index (χ2n) is 6.88. The molecule has 3 rings (SSSR count). The maximum Gasteiger partial charge on any atom is 0.254 e. The van der Waals surface area contributed by atoms with Gasteiger partial charge in [-0.3, -0.25) is 9.69 Å². The Kier molecular flexibility index (Phi) is 5.86. The molecule has 0 spiro atoms. The summed E-state index contributed by atoms with van der Waals surface area (Å²) < 4.78 is 0. The fraction of sp³-hybridized carbons (Fsp3) is 0.579. The molecule has 1 N–H and O–H groups in total. The monoisotopic (exact) mass is 328 g/mol. The molecule has 130 valence electrons. The molecule has 1 atom stereocenters. The molecule has 0 radical (unpaired) electrons. The van der Waals surface area contributed by atoms with Gasteiger partial charge in [-0.15, -0.1) is 0 Å². The molecule has 1 saturated carbocycles. The fourth-order valence-electron chi connectivity index (χ4n) is 3.51. The Balaban J connectivity index is 1.42. The summed E-state index contributed by atoms with van der Waals surface area (Å²) >= 11 is 0. The summed E-state index contributed by atoms with van der Waals surface area (Å²) in [5, 5.41) is 4.37. The number of benzene rings is 1. The first kappa shape index (κ1) is 17.0. The topological polar surface area (TPSA) is 47.9 Å². The Hall–Kier alpha value is -1.88. The van der Waals surface area contributed by atoms with Crippen LogP contribution in [-0.4, -0.2) is 49.2 Å². The van der Waals surface area contributed by atoms with Gasteiger partial charge >= 0.3 is 0 Å². The van der Waals surface area contributed by atoms with Crippen LogP contribution in [0.4, 0.5) is 5.69 Å². The van der Waals surface area contributed by atoms with Crippen molar-refractivity contribution in [2.75, 3.05) is 37.6 Å². The minimum Gasteiger partial charge on any atom is -0.369 e. The van der Waals surface area contributed by atoms with Crippen LogP contribution < -0.4 is 10.3 Å². The first-order valence-electron chi connectivity index (χ1n) is 9.10. The van der Waals surface area contributed by atoms with Crippen molar-refractivity contribution in [3.8, 4) is 0 Å². The first-order valence-corrected chi connectivity index (χ1v) is 9.10. The number of hydrogen-bond donors (Lipinski definition) is 1. The molecule has 1 aromatic rings. The van der Waals surface area contributed by atoms with E-state index in [0.29, 0.717) is 12.5 Å². The van der Waals surface area contributed by atoms with Crippen LogP contribution in [0.25, 0.3) is 0 Å². The molecule has 0 bridgehead atoms. The number of anilines is 1. The minimum atomic E-state index is 0.00781. The molecule has 1 heterocycles.